The third kappa shape index (κ3) is 7.89. The predicted molar refractivity (Wildman–Crippen MR) is 161 cm³/mol. The molecule has 2 N–H and O–H groups in total. The summed E-state index contributed by atoms with van der Waals surface area (Å²) in [6, 6.07) is 15.3. The Kier molecular flexibility index (Phi) is 11.5. The highest BCUT2D eigenvalue weighted by molar-refractivity contribution is 6.42. The van der Waals surface area contributed by atoms with Crippen molar-refractivity contribution in [2.24, 2.45) is 11.7 Å². The van der Waals surface area contributed by atoms with E-state index in [4.69, 9.17) is 28.9 Å². The van der Waals surface area contributed by atoms with Crippen LogP contribution in [0.4, 0.5) is 0 Å². The number of hydrogen-bond donors (Lipinski definition) is 1. The maximum Gasteiger partial charge on any atom is 0.245 e. The van der Waals surface area contributed by atoms with E-state index in [0.29, 0.717) is 36.0 Å². The van der Waals surface area contributed by atoms with Crippen molar-refractivity contribution in [3.63, 3.8) is 0 Å². The van der Waals surface area contributed by atoms with E-state index in [-0.39, 0.29) is 48.3 Å². The molecule has 0 saturated carbocycles. The Labute approximate surface area is 249 Å². The van der Waals surface area contributed by atoms with Crippen LogP contribution in [0, 0.1) is 5.92 Å². The van der Waals surface area contributed by atoms with Crippen molar-refractivity contribution in [3.05, 3.63) is 69.7 Å². The zero-order valence-corrected chi connectivity index (χ0v) is 25.4. The maximum atomic E-state index is 14.0. The van der Waals surface area contributed by atoms with Crippen molar-refractivity contribution < 1.29 is 9.59 Å². The molecule has 4 atom stereocenters. The van der Waals surface area contributed by atoms with Gasteiger partial charge in [0.15, 0.2) is 0 Å². The number of halogens is 3. The number of aryl methyl sites for hydroxylation is 1. The van der Waals surface area contributed by atoms with Gasteiger partial charge in [-0.25, -0.2) is 0 Å². The highest BCUT2D eigenvalue weighted by atomic mass is 35.5. The Hall–Kier alpha value is -1.83. The minimum atomic E-state index is -0.512. The van der Waals surface area contributed by atoms with E-state index in [0.717, 1.165) is 31.4 Å². The molecule has 2 amide bonds. The molecule has 2 aromatic carbocycles. The van der Waals surface area contributed by atoms with Gasteiger partial charge in [-0.1, -0.05) is 73.4 Å². The zero-order valence-electron chi connectivity index (χ0n) is 23.1. The number of nitrogens with zero attached hydrogens (tertiary/aromatic N) is 3. The van der Waals surface area contributed by atoms with Crippen molar-refractivity contribution in [3.8, 4) is 0 Å². The van der Waals surface area contributed by atoms with Gasteiger partial charge in [-0.15, -0.1) is 12.4 Å². The van der Waals surface area contributed by atoms with Crippen LogP contribution in [0.25, 0.3) is 0 Å². The lowest BCUT2D eigenvalue weighted by molar-refractivity contribution is -0.147. The highest BCUT2D eigenvalue weighted by Crippen LogP contribution is 2.31. The molecule has 2 aliphatic heterocycles. The van der Waals surface area contributed by atoms with E-state index in [2.05, 4.69) is 43.0 Å². The van der Waals surface area contributed by atoms with Crippen molar-refractivity contribution in [1.82, 2.24) is 14.7 Å². The Balaban J connectivity index is 0.00000420. The molecule has 1 unspecified atom stereocenters. The Morgan fingerprint density at radius 3 is 2.49 bits per heavy atom. The number of fused-ring (bicyclic) bond motifs is 1. The molecule has 2 aliphatic rings. The van der Waals surface area contributed by atoms with Crippen LogP contribution >= 0.6 is 35.6 Å². The number of benzene rings is 2. The van der Waals surface area contributed by atoms with Gasteiger partial charge < -0.3 is 15.5 Å². The molecule has 2 saturated heterocycles. The Morgan fingerprint density at radius 1 is 1.10 bits per heavy atom. The van der Waals surface area contributed by atoms with Crippen LogP contribution in [-0.4, -0.2) is 70.8 Å². The summed E-state index contributed by atoms with van der Waals surface area (Å²) in [6.07, 6.45) is 4.01. The average Bonchev–Trinajstić information content (AvgIpc) is 3.23. The summed E-state index contributed by atoms with van der Waals surface area (Å²) in [4.78, 5) is 33.8. The smallest absolute Gasteiger partial charge is 0.245 e. The molecular formula is C30H41Cl3N4O2. The van der Waals surface area contributed by atoms with Gasteiger partial charge in [0.1, 0.15) is 6.04 Å². The van der Waals surface area contributed by atoms with Gasteiger partial charge in [0.25, 0.3) is 0 Å². The minimum Gasteiger partial charge on any atom is -0.340 e. The summed E-state index contributed by atoms with van der Waals surface area (Å²) in [5.74, 6) is 0.256. The van der Waals surface area contributed by atoms with Gasteiger partial charge in [-0.3, -0.25) is 14.5 Å². The van der Waals surface area contributed by atoms with Gasteiger partial charge >= 0.3 is 0 Å². The van der Waals surface area contributed by atoms with E-state index in [1.54, 1.807) is 24.1 Å². The van der Waals surface area contributed by atoms with Crippen LogP contribution < -0.4 is 5.73 Å². The number of nitrogens with two attached hydrogens (primary N) is 1. The first-order valence-corrected chi connectivity index (χ1v) is 14.4. The number of rotatable bonds is 9. The number of carbonyl (C=O) groups is 2. The molecule has 2 fully saturated rings. The molecule has 0 radical (unpaired) electrons. The van der Waals surface area contributed by atoms with Gasteiger partial charge in [0.05, 0.1) is 16.1 Å². The third-order valence-corrected chi connectivity index (χ3v) is 8.60. The van der Waals surface area contributed by atoms with Crippen LogP contribution in [-0.2, 0) is 22.6 Å². The zero-order chi connectivity index (χ0) is 27.4. The van der Waals surface area contributed by atoms with Gasteiger partial charge in [0, 0.05) is 38.8 Å². The summed E-state index contributed by atoms with van der Waals surface area (Å²) in [6.45, 7) is 5.89. The molecule has 2 heterocycles. The van der Waals surface area contributed by atoms with Crippen LogP contribution in [0.1, 0.15) is 50.7 Å². The second-order valence-electron chi connectivity index (χ2n) is 11.3. The summed E-state index contributed by atoms with van der Waals surface area (Å²) in [5, 5.41) is 0.948. The molecule has 2 aromatic rings. The lowest BCUT2D eigenvalue weighted by Gasteiger charge is -2.35. The monoisotopic (exact) mass is 594 g/mol. The Morgan fingerprint density at radius 2 is 1.82 bits per heavy atom. The van der Waals surface area contributed by atoms with Crippen LogP contribution in [0.5, 0.6) is 0 Å². The normalized spacial score (nSPS) is 22.3. The van der Waals surface area contributed by atoms with E-state index in [9.17, 15) is 9.59 Å². The van der Waals surface area contributed by atoms with Crippen LogP contribution in [0.15, 0.2) is 48.5 Å². The SMILES string of the molecule is CC(C)C[C@H](C(=O)N(C)Cc1ccc(Cl)c(Cl)c1)N1CCC(CCc2ccccc2)N2C[C@H](N)C[C@H]2C1=O.Cl. The van der Waals surface area contributed by atoms with Crippen molar-refractivity contribution >= 4 is 47.4 Å². The molecule has 0 bridgehead atoms. The number of carbonyl (C=O) groups excluding carboxylic acids is 2. The lowest BCUT2D eigenvalue weighted by Crippen LogP contribution is -2.53. The average molecular weight is 596 g/mol. The summed E-state index contributed by atoms with van der Waals surface area (Å²) in [5.41, 5.74) is 8.59. The molecule has 0 spiro atoms. The standard InChI is InChI=1S/C30H40Cl2N4O2.ClH/c1-20(2)15-27(29(37)34(3)18-22-10-12-25(31)26(32)16-22)35-14-13-24(11-9-21-7-5-4-6-8-21)36-19-23(33)17-28(36)30(35)38;/h4-8,10,12,16,20,23-24,27-28H,9,11,13-15,17-19,33H2,1-3H3;1H/t23-,24?,27-,28+;/m1./s1. The van der Waals surface area contributed by atoms with E-state index in [1.807, 2.05) is 17.0 Å². The predicted octanol–water partition coefficient (Wildman–Crippen LogP) is 5.42. The number of amides is 2. The van der Waals surface area contributed by atoms with Gasteiger partial charge in [-0.2, -0.15) is 0 Å². The number of hydrogen-bond acceptors (Lipinski definition) is 4. The quantitative estimate of drug-likeness (QED) is 0.420. The first-order valence-electron chi connectivity index (χ1n) is 13.7. The fourth-order valence-electron chi connectivity index (χ4n) is 5.95. The lowest BCUT2D eigenvalue weighted by atomic mass is 9.99. The molecule has 0 aromatic heterocycles. The fraction of sp³-hybridized carbons (Fsp3) is 0.533. The third-order valence-electron chi connectivity index (χ3n) is 7.86. The largest absolute Gasteiger partial charge is 0.340 e. The molecule has 39 heavy (non-hydrogen) atoms. The second-order valence-corrected chi connectivity index (χ2v) is 12.1. The minimum absolute atomic E-state index is 0. The fourth-order valence-corrected chi connectivity index (χ4v) is 6.27. The second kappa shape index (κ2) is 14.2. The summed E-state index contributed by atoms with van der Waals surface area (Å²) < 4.78 is 0. The molecule has 6 nitrogen and oxygen atoms in total. The number of likely N-dealkylation sites (N-methyl/N-ethyl adjacent to an activating group) is 1. The summed E-state index contributed by atoms with van der Waals surface area (Å²) in [7, 11) is 1.79. The van der Waals surface area contributed by atoms with E-state index in [1.165, 1.54) is 5.56 Å². The van der Waals surface area contributed by atoms with Gasteiger partial charge in [0.2, 0.25) is 11.8 Å². The van der Waals surface area contributed by atoms with Crippen molar-refractivity contribution in [2.45, 2.75) is 76.7 Å². The highest BCUT2D eigenvalue weighted by Gasteiger charge is 2.46. The van der Waals surface area contributed by atoms with E-state index < -0.39 is 6.04 Å². The Bertz CT molecular complexity index is 1120. The maximum absolute atomic E-state index is 14.0. The van der Waals surface area contributed by atoms with Crippen molar-refractivity contribution in [2.75, 3.05) is 20.1 Å². The molecule has 214 valence electrons. The van der Waals surface area contributed by atoms with E-state index >= 15 is 0 Å². The van der Waals surface area contributed by atoms with Crippen LogP contribution in [0.2, 0.25) is 10.0 Å². The topological polar surface area (TPSA) is 69.9 Å². The first kappa shape index (κ1) is 31.7. The van der Waals surface area contributed by atoms with Crippen LogP contribution in [0.3, 0.4) is 0 Å². The molecule has 0 aliphatic carbocycles. The molecular weight excluding hydrogens is 555 g/mol. The first-order chi connectivity index (χ1) is 18.1. The molecule has 9 heteroatoms. The van der Waals surface area contributed by atoms with Gasteiger partial charge in [-0.05, 0) is 61.3 Å². The summed E-state index contributed by atoms with van der Waals surface area (Å²) >= 11 is 12.3. The molecule has 4 rings (SSSR count). The van der Waals surface area contributed by atoms with Crippen molar-refractivity contribution in [1.29, 1.82) is 0 Å².